The normalized spacial score (nSPS) is 19.7. The highest BCUT2D eigenvalue weighted by atomic mass is 32.1. The fraction of sp³-hybridized carbons (Fsp3) is 0.475. The van der Waals surface area contributed by atoms with Crippen molar-refractivity contribution in [1.82, 2.24) is 45.5 Å². The minimum atomic E-state index is -4.98. The van der Waals surface area contributed by atoms with E-state index in [0.29, 0.717) is 76.2 Å². The van der Waals surface area contributed by atoms with Crippen LogP contribution in [0.1, 0.15) is 86.6 Å². The van der Waals surface area contributed by atoms with Gasteiger partial charge in [-0.05, 0) is 79.8 Å². The Hall–Kier alpha value is -7.05. The number of β-amino-alcohol motifs (C(OH)–C–C–N with tert-alkyl or cyclic N) is 1. The molecule has 5 aromatic rings. The van der Waals surface area contributed by atoms with Gasteiger partial charge >= 0.3 is 6.18 Å². The van der Waals surface area contributed by atoms with Crippen LogP contribution in [0.2, 0.25) is 0 Å². The van der Waals surface area contributed by atoms with Crippen molar-refractivity contribution in [3.8, 4) is 21.6 Å². The number of carbonyl (C=O) groups excluding carboxylic acids is 5. The van der Waals surface area contributed by atoms with Gasteiger partial charge in [-0.2, -0.15) is 13.2 Å². The number of aromatic nitrogens is 2. The van der Waals surface area contributed by atoms with Gasteiger partial charge in [-0.1, -0.05) is 57.2 Å². The molecule has 3 saturated heterocycles. The molecule has 3 aliphatic rings. The smallest absolute Gasteiger partial charge is 0.391 e. The second-order valence-corrected chi connectivity index (χ2v) is 23.7. The lowest BCUT2D eigenvalue weighted by atomic mass is 9.85. The van der Waals surface area contributed by atoms with Gasteiger partial charge in [-0.3, -0.25) is 43.5 Å². The molecular weight excluding hydrogens is 1080 g/mol. The summed E-state index contributed by atoms with van der Waals surface area (Å²) in [6.45, 7) is 16.8. The van der Waals surface area contributed by atoms with Gasteiger partial charge in [0, 0.05) is 121 Å². The Morgan fingerprint density at radius 3 is 2.16 bits per heavy atom. The summed E-state index contributed by atoms with van der Waals surface area (Å²) in [5.74, 6) is -3.36. The minimum absolute atomic E-state index is 0.0500. The monoisotopic (exact) mass is 1160 g/mol. The summed E-state index contributed by atoms with van der Waals surface area (Å²) in [7, 11) is 2.01. The Morgan fingerprint density at radius 1 is 0.841 bits per heavy atom. The number of benzene rings is 3. The molecule has 0 unspecified atom stereocenters. The lowest BCUT2D eigenvalue weighted by Gasteiger charge is -2.44. The number of amides is 5. The van der Waals surface area contributed by atoms with E-state index in [1.807, 2.05) is 43.1 Å². The lowest BCUT2D eigenvalue weighted by Crippen LogP contribution is -2.57. The number of pyridine rings is 1. The highest BCUT2D eigenvalue weighted by Crippen LogP contribution is 2.37. The number of likely N-dealkylation sites (tertiary alicyclic amines) is 1. The van der Waals surface area contributed by atoms with Crippen LogP contribution in [0.3, 0.4) is 0 Å². The van der Waals surface area contributed by atoms with Gasteiger partial charge in [0.1, 0.15) is 17.9 Å². The molecule has 3 fully saturated rings. The number of nitrogens with zero attached hydrogens (tertiary/aromatic N) is 6. The third-order valence-corrected chi connectivity index (χ3v) is 16.7. The van der Waals surface area contributed by atoms with Crippen molar-refractivity contribution >= 4 is 52.2 Å². The van der Waals surface area contributed by atoms with Crippen molar-refractivity contribution in [3.63, 3.8) is 0 Å². The van der Waals surface area contributed by atoms with Crippen molar-refractivity contribution in [3.05, 3.63) is 123 Å². The van der Waals surface area contributed by atoms with Gasteiger partial charge < -0.3 is 41.2 Å². The Balaban J connectivity index is 0.805. The second-order valence-electron chi connectivity index (χ2n) is 22.8. The predicted octanol–water partition coefficient (Wildman–Crippen LogP) is 6.24. The SMILES string of the molecule is Cc1ncsc1-c1ccc(CNC(=O)[C@@H]2C[C@@H](O)CN2C(=O)[C@@H](NC(=O)CCC(=O)NCCN2CCN(Cc3ccc(F)c(-c4ccc(N5C[C@@H](C)N(C)[C@@H](C)C5)c(NC(=O)c5c[nH]c(=O)cc5C(F)(F)F)c4)c3)CC2)C(C)(C)C)cc1. The molecule has 23 heteroatoms. The summed E-state index contributed by atoms with van der Waals surface area (Å²) < 4.78 is 57.9. The molecule has 0 spiro atoms. The summed E-state index contributed by atoms with van der Waals surface area (Å²) in [6, 6.07) is 16.2. The summed E-state index contributed by atoms with van der Waals surface area (Å²) >= 11 is 1.55. The van der Waals surface area contributed by atoms with Crippen LogP contribution in [-0.4, -0.2) is 160 Å². The highest BCUT2D eigenvalue weighted by molar-refractivity contribution is 7.13. The molecular formula is C59H73F4N11O7S. The van der Waals surface area contributed by atoms with E-state index >= 15 is 4.39 Å². The second kappa shape index (κ2) is 26.0. The standard InChI is InChI=1S/C59H73F4N11O7S/c1-35-30-73(31-36(2)70(35)7)48-15-13-41(25-47(48)68-55(79)44-29-65-52(78)27-45(44)59(61,62)63)43-24-39(10-14-46(43)60)32-72-22-20-71(21-23-72)19-18-64-50(76)16-17-51(77)69-54(58(4,5)6)57(81)74-33-42(75)26-49(74)56(80)66-28-38-8-11-40(12-9-38)53-37(3)67-34-82-53/h8-15,24-25,27,29,34-36,42,49,54,75H,16-23,26,28,30-33H2,1-7H3,(H,64,76)(H,65,78)(H,66,80)(H,68,79)(H,69,77)/t35-,36+,42-,49+,54-/m1/s1. The van der Waals surface area contributed by atoms with Crippen LogP contribution in [0.4, 0.5) is 28.9 Å². The molecule has 18 nitrogen and oxygen atoms in total. The van der Waals surface area contributed by atoms with E-state index in [1.165, 1.54) is 11.0 Å². The highest BCUT2D eigenvalue weighted by Gasteiger charge is 2.45. The van der Waals surface area contributed by atoms with E-state index in [-0.39, 0.29) is 61.6 Å². The molecule has 0 aliphatic carbocycles. The molecule has 440 valence electrons. The number of aromatic amines is 1. The number of H-pyrrole nitrogens is 1. The maximum absolute atomic E-state index is 15.8. The average Bonchev–Trinajstić information content (AvgIpc) is 4.15. The van der Waals surface area contributed by atoms with Crippen molar-refractivity contribution in [2.45, 2.75) is 110 Å². The molecule has 2 aromatic heterocycles. The predicted molar refractivity (Wildman–Crippen MR) is 306 cm³/mol. The molecule has 0 radical (unpaired) electrons. The molecule has 3 aromatic carbocycles. The average molecular weight is 1160 g/mol. The number of carbonyl (C=O) groups is 5. The molecule has 0 bridgehead atoms. The molecule has 6 N–H and O–H groups in total. The minimum Gasteiger partial charge on any atom is -0.391 e. The molecule has 3 aliphatic heterocycles. The number of rotatable bonds is 18. The van der Waals surface area contributed by atoms with Crippen LogP contribution in [-0.2, 0) is 38.4 Å². The third kappa shape index (κ3) is 15.1. The van der Waals surface area contributed by atoms with Gasteiger partial charge in [0.05, 0.1) is 44.7 Å². The first-order valence-corrected chi connectivity index (χ1v) is 28.5. The maximum atomic E-state index is 15.8. The fourth-order valence-corrected chi connectivity index (χ4v) is 11.6. The van der Waals surface area contributed by atoms with E-state index in [4.69, 9.17) is 0 Å². The van der Waals surface area contributed by atoms with Crippen molar-refractivity contribution in [2.24, 2.45) is 5.41 Å². The number of likely N-dealkylation sites (N-methyl/N-ethyl adjacent to an activating group) is 1. The Kier molecular flexibility index (Phi) is 19.4. The van der Waals surface area contributed by atoms with Crippen LogP contribution >= 0.6 is 11.3 Å². The fourth-order valence-electron chi connectivity index (χ4n) is 10.8. The van der Waals surface area contributed by atoms with E-state index < -0.39 is 75.9 Å². The van der Waals surface area contributed by atoms with Gasteiger partial charge in [0.25, 0.3) is 5.91 Å². The van der Waals surface area contributed by atoms with Crippen molar-refractivity contribution in [1.29, 1.82) is 0 Å². The van der Waals surface area contributed by atoms with E-state index in [1.54, 1.807) is 68.0 Å². The van der Waals surface area contributed by atoms with Crippen LogP contribution < -0.4 is 31.7 Å². The topological polar surface area (TPSA) is 216 Å². The molecule has 5 atom stereocenters. The van der Waals surface area contributed by atoms with Crippen LogP contribution in [0.25, 0.3) is 21.6 Å². The molecule has 8 rings (SSSR count). The zero-order valence-corrected chi connectivity index (χ0v) is 48.1. The number of halogens is 4. The number of aryl methyl sites for hydroxylation is 1. The van der Waals surface area contributed by atoms with E-state index in [2.05, 4.69) is 59.8 Å². The number of hydrogen-bond acceptors (Lipinski definition) is 13. The van der Waals surface area contributed by atoms with Crippen LogP contribution in [0, 0.1) is 18.2 Å². The van der Waals surface area contributed by atoms with Gasteiger partial charge in [-0.25, -0.2) is 9.37 Å². The van der Waals surface area contributed by atoms with Crippen LogP contribution in [0.5, 0.6) is 0 Å². The van der Waals surface area contributed by atoms with E-state index in [0.717, 1.165) is 33.5 Å². The maximum Gasteiger partial charge on any atom is 0.417 e. The zero-order valence-electron chi connectivity index (χ0n) is 47.3. The van der Waals surface area contributed by atoms with E-state index in [9.17, 15) is 47.0 Å². The first kappa shape index (κ1) is 61.0. The number of nitrogens with one attached hydrogen (secondary N) is 5. The molecule has 5 heterocycles. The Morgan fingerprint density at radius 2 is 1.50 bits per heavy atom. The molecule has 5 amide bonds. The summed E-state index contributed by atoms with van der Waals surface area (Å²) in [6.07, 6.45) is -5.40. The number of anilines is 2. The van der Waals surface area contributed by atoms with Crippen molar-refractivity contribution < 1.29 is 46.6 Å². The number of alkyl halides is 3. The van der Waals surface area contributed by atoms with Gasteiger partial charge in [-0.15, -0.1) is 11.3 Å². The number of piperazine rings is 2. The Labute approximate surface area is 478 Å². The number of aliphatic hydroxyl groups is 1. The largest absolute Gasteiger partial charge is 0.417 e. The Bertz CT molecular complexity index is 3160. The molecule has 82 heavy (non-hydrogen) atoms. The van der Waals surface area contributed by atoms with Gasteiger partial charge in [0.15, 0.2) is 0 Å². The zero-order chi connectivity index (χ0) is 59.2. The number of aliphatic hydroxyl groups excluding tert-OH is 1. The van der Waals surface area contributed by atoms with Crippen LogP contribution in [0.15, 0.2) is 83.2 Å². The number of hydrogen-bond donors (Lipinski definition) is 6. The first-order chi connectivity index (χ1) is 38.8. The number of thiazole rings is 1. The summed E-state index contributed by atoms with van der Waals surface area (Å²) in [4.78, 5) is 97.0. The van der Waals surface area contributed by atoms with Crippen molar-refractivity contribution in [2.75, 3.05) is 76.2 Å². The van der Waals surface area contributed by atoms with Gasteiger partial charge in [0.2, 0.25) is 29.2 Å². The molecule has 0 saturated carbocycles. The first-order valence-electron chi connectivity index (χ1n) is 27.6. The third-order valence-electron chi connectivity index (χ3n) is 15.7. The lowest BCUT2D eigenvalue weighted by molar-refractivity contribution is -0.144. The summed E-state index contributed by atoms with van der Waals surface area (Å²) in [5.41, 5.74) is 2.88. The quantitative estimate of drug-likeness (QED) is 0.0539. The summed E-state index contributed by atoms with van der Waals surface area (Å²) in [5, 5.41) is 21.9.